The minimum atomic E-state index is -0.565. The lowest BCUT2D eigenvalue weighted by Crippen LogP contribution is -2.43. The van der Waals surface area contributed by atoms with Gasteiger partial charge in [-0.05, 0) is 36.8 Å². The first-order valence-corrected chi connectivity index (χ1v) is 9.83. The lowest BCUT2D eigenvalue weighted by atomic mass is 10.2. The molecule has 0 unspecified atom stereocenters. The Morgan fingerprint density at radius 2 is 1.65 bits per heavy atom. The maximum absolute atomic E-state index is 12.7. The molecule has 3 rings (SSSR count). The van der Waals surface area contributed by atoms with Crippen LogP contribution >= 0.6 is 0 Å². The molecule has 0 atom stereocenters. The van der Waals surface area contributed by atoms with Gasteiger partial charge in [0, 0.05) is 13.1 Å². The molecule has 0 radical (unpaired) electrons. The second-order valence-electron chi connectivity index (χ2n) is 6.84. The largest absolute Gasteiger partial charge is 0.497 e. The number of hydrogen-bond donors (Lipinski definition) is 2. The van der Waals surface area contributed by atoms with Gasteiger partial charge in [-0.25, -0.2) is 4.79 Å². The van der Waals surface area contributed by atoms with E-state index in [2.05, 4.69) is 10.6 Å². The van der Waals surface area contributed by atoms with Gasteiger partial charge in [0.2, 0.25) is 11.8 Å². The first kappa shape index (κ1) is 21.8. The van der Waals surface area contributed by atoms with Gasteiger partial charge < -0.3 is 15.4 Å². The lowest BCUT2D eigenvalue weighted by Gasteiger charge is -2.13. The summed E-state index contributed by atoms with van der Waals surface area (Å²) in [6.45, 7) is 1.66. The van der Waals surface area contributed by atoms with Crippen molar-refractivity contribution in [1.29, 1.82) is 0 Å². The average Bonchev–Trinajstić information content (AvgIpc) is 2.79. The number of para-hydroxylation sites is 1. The van der Waals surface area contributed by atoms with Gasteiger partial charge in [-0.15, -0.1) is 0 Å². The minimum Gasteiger partial charge on any atom is -0.497 e. The summed E-state index contributed by atoms with van der Waals surface area (Å²) in [6.07, 6.45) is 0. The minimum absolute atomic E-state index is 0.192. The topological polar surface area (TPSA) is 111 Å². The highest BCUT2D eigenvalue weighted by Gasteiger charge is 2.14. The van der Waals surface area contributed by atoms with Crippen LogP contribution in [0.2, 0.25) is 0 Å². The molecule has 0 saturated carbocycles. The fourth-order valence-corrected chi connectivity index (χ4v) is 3.19. The summed E-state index contributed by atoms with van der Waals surface area (Å²) in [5.74, 6) is -0.146. The molecule has 0 aliphatic rings. The molecule has 3 aromatic rings. The van der Waals surface area contributed by atoms with Crippen LogP contribution in [0.4, 0.5) is 0 Å². The van der Waals surface area contributed by atoms with Crippen molar-refractivity contribution in [3.05, 3.63) is 74.9 Å². The fraction of sp³-hybridized carbons (Fsp3) is 0.273. The van der Waals surface area contributed by atoms with Crippen LogP contribution in [0.25, 0.3) is 10.9 Å². The molecule has 1 aromatic heterocycles. The standard InChI is InChI=1S/C22H24N4O5/c1-3-25-21(29)17-6-4-5-7-18(17)26(22(25)30)14-20(28)24-13-19(27)23-12-15-8-10-16(31-2)11-9-15/h4-11H,3,12-14H2,1-2H3,(H,23,27)(H,24,28). The van der Waals surface area contributed by atoms with E-state index in [-0.39, 0.29) is 25.5 Å². The maximum Gasteiger partial charge on any atom is 0.331 e. The Kier molecular flexibility index (Phi) is 6.86. The molecule has 1 heterocycles. The van der Waals surface area contributed by atoms with Crippen LogP contribution in [0.15, 0.2) is 58.1 Å². The number of hydrogen-bond acceptors (Lipinski definition) is 5. The zero-order valence-electron chi connectivity index (χ0n) is 17.4. The Labute approximate surface area is 178 Å². The maximum atomic E-state index is 12.7. The number of methoxy groups -OCH3 is 1. The summed E-state index contributed by atoms with van der Waals surface area (Å²) in [7, 11) is 1.58. The summed E-state index contributed by atoms with van der Waals surface area (Å²) >= 11 is 0. The molecule has 0 aliphatic heterocycles. The van der Waals surface area contributed by atoms with E-state index < -0.39 is 17.2 Å². The summed E-state index contributed by atoms with van der Waals surface area (Å²) < 4.78 is 7.41. The van der Waals surface area contributed by atoms with Crippen molar-refractivity contribution < 1.29 is 14.3 Å². The van der Waals surface area contributed by atoms with Crippen LogP contribution in [0.3, 0.4) is 0 Å². The fourth-order valence-electron chi connectivity index (χ4n) is 3.19. The summed E-state index contributed by atoms with van der Waals surface area (Å²) in [6, 6.07) is 13.9. The predicted molar refractivity (Wildman–Crippen MR) is 116 cm³/mol. The summed E-state index contributed by atoms with van der Waals surface area (Å²) in [4.78, 5) is 49.6. The third-order valence-corrected chi connectivity index (χ3v) is 4.85. The molecular formula is C22H24N4O5. The number of benzene rings is 2. The molecule has 0 aliphatic carbocycles. The first-order valence-electron chi connectivity index (χ1n) is 9.83. The molecule has 162 valence electrons. The predicted octanol–water partition coefficient (Wildman–Crippen LogP) is 0.624. The number of nitrogens with one attached hydrogen (secondary N) is 2. The van der Waals surface area contributed by atoms with E-state index in [1.807, 2.05) is 12.1 Å². The van der Waals surface area contributed by atoms with Gasteiger partial charge in [-0.1, -0.05) is 24.3 Å². The lowest BCUT2D eigenvalue weighted by molar-refractivity contribution is -0.126. The van der Waals surface area contributed by atoms with E-state index in [1.165, 1.54) is 4.57 Å². The first-order chi connectivity index (χ1) is 14.9. The molecule has 31 heavy (non-hydrogen) atoms. The van der Waals surface area contributed by atoms with Crippen molar-refractivity contribution in [3.63, 3.8) is 0 Å². The van der Waals surface area contributed by atoms with Gasteiger partial charge in [0.15, 0.2) is 0 Å². The van der Waals surface area contributed by atoms with E-state index in [0.29, 0.717) is 17.4 Å². The van der Waals surface area contributed by atoms with Crippen LogP contribution in [0.1, 0.15) is 12.5 Å². The number of fused-ring (bicyclic) bond motifs is 1. The zero-order valence-corrected chi connectivity index (χ0v) is 17.4. The van der Waals surface area contributed by atoms with Crippen molar-refractivity contribution in [2.45, 2.75) is 26.6 Å². The molecule has 9 nitrogen and oxygen atoms in total. The summed E-state index contributed by atoms with van der Waals surface area (Å²) in [5, 5.41) is 5.58. The highest BCUT2D eigenvalue weighted by molar-refractivity contribution is 5.85. The van der Waals surface area contributed by atoms with E-state index in [0.717, 1.165) is 15.9 Å². The Balaban J connectivity index is 1.63. The highest BCUT2D eigenvalue weighted by atomic mass is 16.5. The van der Waals surface area contributed by atoms with Crippen LogP contribution < -0.4 is 26.6 Å². The Bertz CT molecular complexity index is 1210. The van der Waals surface area contributed by atoms with Crippen molar-refractivity contribution in [3.8, 4) is 5.75 Å². The monoisotopic (exact) mass is 424 g/mol. The molecule has 2 amide bonds. The number of aromatic nitrogens is 2. The molecule has 0 fully saturated rings. The van der Waals surface area contributed by atoms with Crippen molar-refractivity contribution in [1.82, 2.24) is 19.8 Å². The second kappa shape index (κ2) is 9.75. The molecule has 0 spiro atoms. The molecule has 2 N–H and O–H groups in total. The Morgan fingerprint density at radius 1 is 0.935 bits per heavy atom. The molecule has 9 heteroatoms. The Morgan fingerprint density at radius 3 is 2.32 bits per heavy atom. The third kappa shape index (κ3) is 5.00. The number of rotatable bonds is 8. The smallest absolute Gasteiger partial charge is 0.331 e. The third-order valence-electron chi connectivity index (χ3n) is 4.85. The quantitative estimate of drug-likeness (QED) is 0.551. The Hall–Kier alpha value is -3.88. The van der Waals surface area contributed by atoms with Gasteiger partial charge >= 0.3 is 5.69 Å². The van der Waals surface area contributed by atoms with Gasteiger partial charge in [0.1, 0.15) is 12.3 Å². The SMILES string of the molecule is CCn1c(=O)c2ccccc2n(CC(=O)NCC(=O)NCc2ccc(OC)cc2)c1=O. The van der Waals surface area contributed by atoms with Crippen molar-refractivity contribution in [2.24, 2.45) is 0 Å². The number of carbonyl (C=O) groups is 2. The van der Waals surface area contributed by atoms with Crippen LogP contribution in [0.5, 0.6) is 5.75 Å². The zero-order chi connectivity index (χ0) is 22.4. The molecule has 0 saturated heterocycles. The number of nitrogens with zero attached hydrogens (tertiary/aromatic N) is 2. The average molecular weight is 424 g/mol. The number of ether oxygens (including phenoxy) is 1. The molecule has 2 aromatic carbocycles. The highest BCUT2D eigenvalue weighted by Crippen LogP contribution is 2.11. The van der Waals surface area contributed by atoms with E-state index in [4.69, 9.17) is 4.74 Å². The second-order valence-corrected chi connectivity index (χ2v) is 6.84. The normalized spacial score (nSPS) is 10.6. The van der Waals surface area contributed by atoms with Crippen LogP contribution in [-0.4, -0.2) is 34.6 Å². The van der Waals surface area contributed by atoms with Gasteiger partial charge in [0.05, 0.1) is 24.6 Å². The van der Waals surface area contributed by atoms with E-state index >= 15 is 0 Å². The van der Waals surface area contributed by atoms with Gasteiger partial charge in [-0.2, -0.15) is 0 Å². The van der Waals surface area contributed by atoms with E-state index in [9.17, 15) is 19.2 Å². The number of amides is 2. The number of carbonyl (C=O) groups excluding carboxylic acids is 2. The van der Waals surface area contributed by atoms with E-state index in [1.54, 1.807) is 50.4 Å². The van der Waals surface area contributed by atoms with Crippen LogP contribution in [0, 0.1) is 0 Å². The van der Waals surface area contributed by atoms with Crippen molar-refractivity contribution >= 4 is 22.7 Å². The van der Waals surface area contributed by atoms with Crippen LogP contribution in [-0.2, 0) is 29.2 Å². The molecule has 0 bridgehead atoms. The van der Waals surface area contributed by atoms with Gasteiger partial charge in [0.25, 0.3) is 5.56 Å². The van der Waals surface area contributed by atoms with Crippen molar-refractivity contribution in [2.75, 3.05) is 13.7 Å². The summed E-state index contributed by atoms with van der Waals surface area (Å²) in [5.41, 5.74) is 0.310. The van der Waals surface area contributed by atoms with Gasteiger partial charge in [-0.3, -0.25) is 23.5 Å². The molecular weight excluding hydrogens is 400 g/mol.